The number of thiazole rings is 1. The van der Waals surface area contributed by atoms with Gasteiger partial charge in [0, 0.05) is 30.3 Å². The van der Waals surface area contributed by atoms with Crippen LogP contribution in [0.3, 0.4) is 0 Å². The Morgan fingerprint density at radius 1 is 1.53 bits per heavy atom. The zero-order valence-corrected chi connectivity index (χ0v) is 11.2. The van der Waals surface area contributed by atoms with Crippen LogP contribution in [-0.2, 0) is 12.8 Å². The number of nitrogens with one attached hydrogen (secondary N) is 1. The third kappa shape index (κ3) is 1.87. The van der Waals surface area contributed by atoms with E-state index in [1.54, 1.807) is 23.9 Å². The summed E-state index contributed by atoms with van der Waals surface area (Å²) >= 11 is 1.75. The van der Waals surface area contributed by atoms with Crippen LogP contribution in [0, 0.1) is 0 Å². The highest BCUT2D eigenvalue weighted by molar-refractivity contribution is 7.17. The third-order valence-corrected chi connectivity index (χ3v) is 4.79. The molecule has 0 spiro atoms. The molecule has 1 aliphatic heterocycles. The summed E-state index contributed by atoms with van der Waals surface area (Å²) in [6.45, 7) is 1.00. The third-order valence-electron chi connectivity index (χ3n) is 3.59. The van der Waals surface area contributed by atoms with E-state index in [1.807, 2.05) is 16.6 Å². The number of hydrogen-bond donors (Lipinski definition) is 1. The molecule has 0 saturated carbocycles. The molecule has 19 heavy (non-hydrogen) atoms. The van der Waals surface area contributed by atoms with Crippen LogP contribution in [0.4, 0.5) is 0 Å². The molecule has 6 heteroatoms. The molecule has 0 saturated heterocycles. The molecule has 0 radical (unpaired) electrons. The molecule has 0 aromatic carbocycles. The summed E-state index contributed by atoms with van der Waals surface area (Å²) in [4.78, 5) is 6.67. The molecule has 1 unspecified atom stereocenters. The summed E-state index contributed by atoms with van der Waals surface area (Å²) in [7, 11) is 0. The van der Waals surface area contributed by atoms with Crippen molar-refractivity contribution in [3.63, 3.8) is 0 Å². The summed E-state index contributed by atoms with van der Waals surface area (Å²) in [6, 6.07) is 4.37. The Balaban J connectivity index is 1.61. The number of nitrogens with zero attached hydrogens (tertiary/aromatic N) is 3. The molecule has 0 amide bonds. The second-order valence-electron chi connectivity index (χ2n) is 4.74. The molecule has 3 aromatic heterocycles. The van der Waals surface area contributed by atoms with Gasteiger partial charge in [0.15, 0.2) is 0 Å². The Bertz CT molecular complexity index is 685. The van der Waals surface area contributed by atoms with Gasteiger partial charge in [0.1, 0.15) is 12.1 Å². The van der Waals surface area contributed by atoms with Crippen LogP contribution < -0.4 is 5.32 Å². The molecule has 1 atom stereocenters. The van der Waals surface area contributed by atoms with E-state index in [4.69, 9.17) is 4.42 Å². The van der Waals surface area contributed by atoms with Crippen LogP contribution in [0.15, 0.2) is 29.1 Å². The summed E-state index contributed by atoms with van der Waals surface area (Å²) in [5, 5.41) is 7.89. The first-order valence-electron chi connectivity index (χ1n) is 6.49. The molecule has 5 nitrogen and oxygen atoms in total. The maximum atomic E-state index is 5.40. The van der Waals surface area contributed by atoms with Gasteiger partial charge >= 0.3 is 0 Å². The lowest BCUT2D eigenvalue weighted by molar-refractivity contribution is 0.441. The van der Waals surface area contributed by atoms with Crippen molar-refractivity contribution >= 4 is 16.3 Å². The fourth-order valence-electron chi connectivity index (χ4n) is 2.68. The topological polar surface area (TPSA) is 55.4 Å². The van der Waals surface area contributed by atoms with Gasteiger partial charge in [0.2, 0.25) is 4.96 Å². The van der Waals surface area contributed by atoms with E-state index in [0.717, 1.165) is 36.5 Å². The van der Waals surface area contributed by atoms with Crippen LogP contribution in [0.1, 0.15) is 28.8 Å². The van der Waals surface area contributed by atoms with Gasteiger partial charge in [-0.25, -0.2) is 9.50 Å². The lowest BCUT2D eigenvalue weighted by Crippen LogP contribution is -2.29. The van der Waals surface area contributed by atoms with Gasteiger partial charge < -0.3 is 9.73 Å². The van der Waals surface area contributed by atoms with E-state index >= 15 is 0 Å². The minimum absolute atomic E-state index is 0.391. The van der Waals surface area contributed by atoms with Crippen LogP contribution in [-0.4, -0.2) is 21.1 Å². The molecular formula is C13H14N4OS. The van der Waals surface area contributed by atoms with Gasteiger partial charge in [-0.2, -0.15) is 5.10 Å². The van der Waals surface area contributed by atoms with E-state index in [2.05, 4.69) is 15.4 Å². The first kappa shape index (κ1) is 11.2. The van der Waals surface area contributed by atoms with E-state index < -0.39 is 0 Å². The van der Waals surface area contributed by atoms with Crippen molar-refractivity contribution in [1.82, 2.24) is 19.9 Å². The standard InChI is InChI=1S/C13H14N4OS/c1-2-9(18-7-1)3-4-10-12-11(5-6-14-10)17-13(19-12)15-8-16-17/h1-2,7-8,10,14H,3-6H2. The normalized spacial score (nSPS) is 18.8. The van der Waals surface area contributed by atoms with E-state index in [9.17, 15) is 0 Å². The Hall–Kier alpha value is -1.66. The summed E-state index contributed by atoms with van der Waals surface area (Å²) in [6.07, 6.45) is 6.39. The van der Waals surface area contributed by atoms with Crippen molar-refractivity contribution in [3.05, 3.63) is 41.1 Å². The zero-order chi connectivity index (χ0) is 12.7. The molecule has 3 aromatic rings. The fraction of sp³-hybridized carbons (Fsp3) is 0.385. The molecule has 0 fully saturated rings. The van der Waals surface area contributed by atoms with Crippen molar-refractivity contribution < 1.29 is 4.42 Å². The van der Waals surface area contributed by atoms with Crippen LogP contribution >= 0.6 is 11.3 Å². The van der Waals surface area contributed by atoms with E-state index in [0.29, 0.717) is 6.04 Å². The van der Waals surface area contributed by atoms with Crippen molar-refractivity contribution in [2.45, 2.75) is 25.3 Å². The second kappa shape index (κ2) is 4.47. The van der Waals surface area contributed by atoms with Gasteiger partial charge in [0.05, 0.1) is 12.0 Å². The highest BCUT2D eigenvalue weighted by Crippen LogP contribution is 2.33. The van der Waals surface area contributed by atoms with Crippen LogP contribution in [0.5, 0.6) is 0 Å². The molecule has 1 aliphatic rings. The number of aromatic nitrogens is 3. The highest BCUT2D eigenvalue weighted by Gasteiger charge is 2.25. The molecule has 4 heterocycles. The first-order chi connectivity index (χ1) is 9.42. The van der Waals surface area contributed by atoms with Gasteiger partial charge in [-0.15, -0.1) is 0 Å². The summed E-state index contributed by atoms with van der Waals surface area (Å²) in [5.41, 5.74) is 1.32. The van der Waals surface area contributed by atoms with E-state index in [1.165, 1.54) is 10.6 Å². The fourth-order valence-corrected chi connectivity index (χ4v) is 3.87. The summed E-state index contributed by atoms with van der Waals surface area (Å²) < 4.78 is 7.39. The van der Waals surface area contributed by atoms with Crippen LogP contribution in [0.2, 0.25) is 0 Å². The number of rotatable bonds is 3. The number of aryl methyl sites for hydroxylation is 1. The molecule has 1 N–H and O–H groups in total. The average Bonchev–Trinajstić information content (AvgIpc) is 3.13. The Labute approximate surface area is 114 Å². The number of fused-ring (bicyclic) bond motifs is 3. The second-order valence-corrected chi connectivity index (χ2v) is 5.75. The quantitative estimate of drug-likeness (QED) is 0.795. The minimum Gasteiger partial charge on any atom is -0.469 e. The largest absolute Gasteiger partial charge is 0.469 e. The smallest absolute Gasteiger partial charge is 0.212 e. The lowest BCUT2D eigenvalue weighted by Gasteiger charge is -2.23. The molecule has 0 bridgehead atoms. The number of furan rings is 1. The summed E-state index contributed by atoms with van der Waals surface area (Å²) in [5.74, 6) is 1.05. The first-order valence-corrected chi connectivity index (χ1v) is 7.30. The molecule has 98 valence electrons. The maximum absolute atomic E-state index is 5.40. The van der Waals surface area contributed by atoms with Crippen molar-refractivity contribution in [3.8, 4) is 0 Å². The monoisotopic (exact) mass is 274 g/mol. The predicted octanol–water partition coefficient (Wildman–Crippen LogP) is 2.20. The van der Waals surface area contributed by atoms with E-state index in [-0.39, 0.29) is 0 Å². The minimum atomic E-state index is 0.391. The van der Waals surface area contributed by atoms with Gasteiger partial charge in [0.25, 0.3) is 0 Å². The Kier molecular flexibility index (Phi) is 2.63. The number of hydrogen-bond acceptors (Lipinski definition) is 5. The van der Waals surface area contributed by atoms with Gasteiger partial charge in [-0.1, -0.05) is 11.3 Å². The average molecular weight is 274 g/mol. The highest BCUT2D eigenvalue weighted by atomic mass is 32.1. The van der Waals surface area contributed by atoms with Crippen molar-refractivity contribution in [1.29, 1.82) is 0 Å². The van der Waals surface area contributed by atoms with Crippen molar-refractivity contribution in [2.75, 3.05) is 6.54 Å². The molecule has 0 aliphatic carbocycles. The van der Waals surface area contributed by atoms with Gasteiger partial charge in [-0.05, 0) is 18.6 Å². The molecular weight excluding hydrogens is 260 g/mol. The lowest BCUT2D eigenvalue weighted by atomic mass is 10.0. The Morgan fingerprint density at radius 2 is 2.53 bits per heavy atom. The Morgan fingerprint density at radius 3 is 3.42 bits per heavy atom. The SMILES string of the molecule is c1coc(CCC2NCCc3c2sc2ncnn32)c1. The molecule has 4 rings (SSSR count). The van der Waals surface area contributed by atoms with Gasteiger partial charge in [-0.3, -0.25) is 0 Å². The van der Waals surface area contributed by atoms with Crippen molar-refractivity contribution in [2.24, 2.45) is 0 Å². The maximum Gasteiger partial charge on any atom is 0.212 e. The zero-order valence-electron chi connectivity index (χ0n) is 10.4. The van der Waals surface area contributed by atoms with Crippen LogP contribution in [0.25, 0.3) is 4.96 Å². The predicted molar refractivity (Wildman–Crippen MR) is 72.3 cm³/mol.